The third-order valence-electron chi connectivity index (χ3n) is 3.92. The van der Waals surface area contributed by atoms with Crippen LogP contribution in [-0.2, 0) is 4.74 Å². The number of fused-ring (bicyclic) bond motifs is 1. The Labute approximate surface area is 125 Å². The van der Waals surface area contributed by atoms with Gasteiger partial charge >= 0.3 is 0 Å². The van der Waals surface area contributed by atoms with Crippen molar-refractivity contribution in [2.45, 2.75) is 36.3 Å². The van der Waals surface area contributed by atoms with E-state index in [4.69, 9.17) is 4.74 Å². The van der Waals surface area contributed by atoms with Gasteiger partial charge in [0.2, 0.25) is 0 Å². The van der Waals surface area contributed by atoms with Crippen LogP contribution in [0.1, 0.15) is 30.9 Å². The molecule has 0 radical (unpaired) electrons. The largest absolute Gasteiger partial charge is 0.389 e. The van der Waals surface area contributed by atoms with Gasteiger partial charge < -0.3 is 15.2 Å². The SMILES string of the molecule is OC(CNC1CCSc2ccccc21)COCC1CC1. The van der Waals surface area contributed by atoms with E-state index in [0.717, 1.165) is 24.7 Å². The van der Waals surface area contributed by atoms with Gasteiger partial charge in [0.05, 0.1) is 12.7 Å². The van der Waals surface area contributed by atoms with Crippen LogP contribution in [0, 0.1) is 5.92 Å². The van der Waals surface area contributed by atoms with Gasteiger partial charge in [-0.05, 0) is 42.6 Å². The predicted octanol–water partition coefficient (Wildman–Crippen LogP) is 2.60. The minimum Gasteiger partial charge on any atom is -0.389 e. The van der Waals surface area contributed by atoms with Crippen molar-refractivity contribution < 1.29 is 9.84 Å². The second kappa shape index (κ2) is 6.94. The summed E-state index contributed by atoms with van der Waals surface area (Å²) in [5.74, 6) is 1.90. The molecule has 0 saturated heterocycles. The highest BCUT2D eigenvalue weighted by Crippen LogP contribution is 2.35. The van der Waals surface area contributed by atoms with Crippen LogP contribution in [0.3, 0.4) is 0 Å². The molecule has 4 heteroatoms. The fraction of sp³-hybridized carbons (Fsp3) is 0.625. The van der Waals surface area contributed by atoms with Gasteiger partial charge in [-0.1, -0.05) is 18.2 Å². The zero-order valence-electron chi connectivity index (χ0n) is 11.8. The first-order valence-corrected chi connectivity index (χ1v) is 8.52. The predicted molar refractivity (Wildman–Crippen MR) is 82.1 cm³/mol. The quantitative estimate of drug-likeness (QED) is 0.811. The highest BCUT2D eigenvalue weighted by Gasteiger charge is 2.22. The molecule has 1 fully saturated rings. The monoisotopic (exact) mass is 293 g/mol. The Balaban J connectivity index is 1.43. The normalized spacial score (nSPS) is 23.4. The number of rotatable bonds is 7. The van der Waals surface area contributed by atoms with Gasteiger partial charge in [-0.3, -0.25) is 0 Å². The van der Waals surface area contributed by atoms with Crippen LogP contribution in [0.2, 0.25) is 0 Å². The van der Waals surface area contributed by atoms with Crippen molar-refractivity contribution in [2.24, 2.45) is 5.92 Å². The topological polar surface area (TPSA) is 41.5 Å². The molecule has 1 heterocycles. The van der Waals surface area contributed by atoms with Crippen LogP contribution in [0.25, 0.3) is 0 Å². The van der Waals surface area contributed by atoms with E-state index < -0.39 is 6.10 Å². The third kappa shape index (κ3) is 3.98. The molecule has 1 aliphatic heterocycles. The number of aliphatic hydroxyl groups is 1. The van der Waals surface area contributed by atoms with Gasteiger partial charge in [0.15, 0.2) is 0 Å². The Morgan fingerprint density at radius 2 is 2.15 bits per heavy atom. The maximum atomic E-state index is 9.97. The smallest absolute Gasteiger partial charge is 0.0897 e. The zero-order valence-corrected chi connectivity index (χ0v) is 12.6. The molecule has 1 saturated carbocycles. The first-order chi connectivity index (χ1) is 9.83. The summed E-state index contributed by atoms with van der Waals surface area (Å²) in [7, 11) is 0. The molecule has 1 aromatic rings. The van der Waals surface area contributed by atoms with E-state index in [1.54, 1.807) is 0 Å². The van der Waals surface area contributed by atoms with E-state index in [1.165, 1.54) is 23.3 Å². The number of benzene rings is 1. The molecule has 20 heavy (non-hydrogen) atoms. The van der Waals surface area contributed by atoms with Crippen LogP contribution in [0.15, 0.2) is 29.2 Å². The Hall–Kier alpha value is -0.550. The second-order valence-corrected chi connectivity index (χ2v) is 6.91. The molecule has 2 unspecified atom stereocenters. The van der Waals surface area contributed by atoms with E-state index in [-0.39, 0.29) is 0 Å². The van der Waals surface area contributed by atoms with Crippen molar-refractivity contribution in [2.75, 3.05) is 25.5 Å². The van der Waals surface area contributed by atoms with Crippen molar-refractivity contribution in [3.05, 3.63) is 29.8 Å². The van der Waals surface area contributed by atoms with Gasteiger partial charge in [0.25, 0.3) is 0 Å². The lowest BCUT2D eigenvalue weighted by molar-refractivity contribution is 0.0311. The van der Waals surface area contributed by atoms with Crippen LogP contribution in [0.4, 0.5) is 0 Å². The fourth-order valence-corrected chi connectivity index (χ4v) is 3.67. The summed E-state index contributed by atoms with van der Waals surface area (Å²) in [5, 5.41) is 13.5. The minimum atomic E-state index is -0.407. The summed E-state index contributed by atoms with van der Waals surface area (Å²) in [6.07, 6.45) is 3.31. The summed E-state index contributed by atoms with van der Waals surface area (Å²) in [5.41, 5.74) is 1.37. The first-order valence-electron chi connectivity index (χ1n) is 7.54. The molecule has 2 N–H and O–H groups in total. The molecule has 1 aliphatic carbocycles. The molecule has 0 spiro atoms. The fourth-order valence-electron chi connectivity index (χ4n) is 2.55. The van der Waals surface area contributed by atoms with E-state index >= 15 is 0 Å². The highest BCUT2D eigenvalue weighted by atomic mass is 32.2. The van der Waals surface area contributed by atoms with Crippen molar-refractivity contribution >= 4 is 11.8 Å². The van der Waals surface area contributed by atoms with Gasteiger partial charge in [-0.15, -0.1) is 11.8 Å². The Kier molecular flexibility index (Phi) is 4.99. The summed E-state index contributed by atoms with van der Waals surface area (Å²) in [4.78, 5) is 1.37. The molecule has 110 valence electrons. The summed E-state index contributed by atoms with van der Waals surface area (Å²) in [6.45, 7) is 1.88. The molecular formula is C16H23NO2S. The van der Waals surface area contributed by atoms with Crippen molar-refractivity contribution in [3.63, 3.8) is 0 Å². The maximum absolute atomic E-state index is 9.97. The average molecular weight is 293 g/mol. The van der Waals surface area contributed by atoms with Crippen LogP contribution >= 0.6 is 11.8 Å². The Morgan fingerprint density at radius 3 is 3.00 bits per heavy atom. The first kappa shape index (κ1) is 14.4. The number of aliphatic hydroxyl groups excluding tert-OH is 1. The van der Waals surface area contributed by atoms with Crippen LogP contribution < -0.4 is 5.32 Å². The van der Waals surface area contributed by atoms with E-state index in [9.17, 15) is 5.11 Å². The van der Waals surface area contributed by atoms with E-state index in [0.29, 0.717) is 19.2 Å². The molecule has 0 amide bonds. The van der Waals surface area contributed by atoms with Gasteiger partial charge in [-0.25, -0.2) is 0 Å². The second-order valence-electron chi connectivity index (χ2n) is 5.77. The molecule has 2 aliphatic rings. The molecule has 2 atom stereocenters. The Morgan fingerprint density at radius 1 is 1.30 bits per heavy atom. The van der Waals surface area contributed by atoms with Crippen molar-refractivity contribution in [1.82, 2.24) is 5.32 Å². The Bertz CT molecular complexity index is 436. The van der Waals surface area contributed by atoms with Crippen molar-refractivity contribution in [3.8, 4) is 0 Å². The van der Waals surface area contributed by atoms with E-state index in [1.807, 2.05) is 11.8 Å². The number of ether oxygens (including phenoxy) is 1. The van der Waals surface area contributed by atoms with Crippen LogP contribution in [0.5, 0.6) is 0 Å². The zero-order chi connectivity index (χ0) is 13.8. The number of thioether (sulfide) groups is 1. The minimum absolute atomic E-state index is 0.366. The molecule has 0 bridgehead atoms. The lowest BCUT2D eigenvalue weighted by Gasteiger charge is -2.27. The van der Waals surface area contributed by atoms with Gasteiger partial charge in [0, 0.05) is 24.1 Å². The lowest BCUT2D eigenvalue weighted by Crippen LogP contribution is -2.34. The standard InChI is InChI=1S/C16H23NO2S/c18-13(11-19-10-12-5-6-12)9-17-15-7-8-20-16-4-2-1-3-14(15)16/h1-4,12-13,15,17-18H,5-11H2. The summed E-state index contributed by atoms with van der Waals surface area (Å²) < 4.78 is 5.53. The molecule has 3 rings (SSSR count). The van der Waals surface area contributed by atoms with Crippen molar-refractivity contribution in [1.29, 1.82) is 0 Å². The number of nitrogens with one attached hydrogen (secondary N) is 1. The molecule has 1 aromatic carbocycles. The lowest BCUT2D eigenvalue weighted by atomic mass is 10.0. The maximum Gasteiger partial charge on any atom is 0.0897 e. The number of hydrogen-bond donors (Lipinski definition) is 2. The highest BCUT2D eigenvalue weighted by molar-refractivity contribution is 7.99. The number of hydrogen-bond acceptors (Lipinski definition) is 4. The van der Waals surface area contributed by atoms with Gasteiger partial charge in [0.1, 0.15) is 0 Å². The summed E-state index contributed by atoms with van der Waals surface area (Å²) in [6, 6.07) is 8.92. The average Bonchev–Trinajstić information content (AvgIpc) is 3.29. The van der Waals surface area contributed by atoms with Gasteiger partial charge in [-0.2, -0.15) is 0 Å². The molecule has 3 nitrogen and oxygen atoms in total. The summed E-state index contributed by atoms with van der Waals surface area (Å²) >= 11 is 1.92. The molecular weight excluding hydrogens is 270 g/mol. The van der Waals surface area contributed by atoms with E-state index in [2.05, 4.69) is 29.6 Å². The van der Waals surface area contributed by atoms with Crippen LogP contribution in [-0.4, -0.2) is 36.7 Å². The molecule has 0 aromatic heterocycles. The third-order valence-corrected chi connectivity index (χ3v) is 5.04.